The van der Waals surface area contributed by atoms with Crippen LogP contribution in [0, 0.1) is 6.92 Å². The second-order valence-electron chi connectivity index (χ2n) is 6.61. The lowest BCUT2D eigenvalue weighted by atomic mass is 10.1. The van der Waals surface area contributed by atoms with E-state index in [0.29, 0.717) is 11.5 Å². The molecule has 9 heteroatoms. The predicted octanol–water partition coefficient (Wildman–Crippen LogP) is 4.06. The molecule has 1 atom stereocenters. The smallest absolute Gasteiger partial charge is 0.265 e. The number of hydrogen-bond acceptors (Lipinski definition) is 7. The lowest BCUT2D eigenvalue weighted by molar-refractivity contribution is 0.0940. The highest BCUT2D eigenvalue weighted by Crippen LogP contribution is 2.42. The fourth-order valence-corrected chi connectivity index (χ4v) is 5.34. The highest BCUT2D eigenvalue weighted by atomic mass is 32.1. The first kappa shape index (κ1) is 17.4. The summed E-state index contributed by atoms with van der Waals surface area (Å²) in [4.78, 5) is 19.0. The van der Waals surface area contributed by atoms with E-state index in [1.165, 1.54) is 11.3 Å². The number of rotatable bonds is 4. The molecule has 0 aliphatic carbocycles. The summed E-state index contributed by atoms with van der Waals surface area (Å²) in [5.41, 5.74) is 5.58. The summed E-state index contributed by atoms with van der Waals surface area (Å²) < 4.78 is 5.38. The van der Waals surface area contributed by atoms with Crippen molar-refractivity contribution in [1.29, 1.82) is 0 Å². The first-order chi connectivity index (χ1) is 13.7. The maximum absolute atomic E-state index is 12.9. The standard InChI is InChI=1S/C19H17N5O2S2/c1-9-5-11(7-26-2)13-15-16(28-19(13)21-9)18(25)23-17(22-15)12-6-20-24-14(12)10-3-4-27-8-10/h3-6,8,17,22H,7H2,1-2H3,(H,20,24)(H,23,25)/t17-/m0/s1. The summed E-state index contributed by atoms with van der Waals surface area (Å²) in [6, 6.07) is 4.04. The highest BCUT2D eigenvalue weighted by Gasteiger charge is 2.32. The molecule has 142 valence electrons. The number of nitrogens with one attached hydrogen (secondary N) is 3. The normalized spacial score (nSPS) is 16.1. The zero-order valence-electron chi connectivity index (χ0n) is 15.2. The van der Waals surface area contributed by atoms with Crippen molar-refractivity contribution in [1.82, 2.24) is 20.5 Å². The summed E-state index contributed by atoms with van der Waals surface area (Å²) in [7, 11) is 1.67. The first-order valence-corrected chi connectivity index (χ1v) is 10.5. The number of nitrogens with zero attached hydrogens (tertiary/aromatic N) is 2. The van der Waals surface area contributed by atoms with E-state index in [2.05, 4.69) is 31.2 Å². The maximum atomic E-state index is 12.9. The molecular formula is C19H17N5O2S2. The predicted molar refractivity (Wildman–Crippen MR) is 111 cm³/mol. The maximum Gasteiger partial charge on any atom is 0.265 e. The van der Waals surface area contributed by atoms with Crippen LogP contribution in [0.25, 0.3) is 21.5 Å². The molecule has 1 aliphatic heterocycles. The van der Waals surface area contributed by atoms with E-state index in [1.54, 1.807) is 24.6 Å². The van der Waals surface area contributed by atoms with Gasteiger partial charge in [-0.15, -0.1) is 11.3 Å². The number of methoxy groups -OCH3 is 1. The molecule has 0 unspecified atom stereocenters. The Labute approximate surface area is 168 Å². The van der Waals surface area contributed by atoms with Crippen molar-refractivity contribution in [3.8, 4) is 11.3 Å². The fraction of sp³-hybridized carbons (Fsp3) is 0.211. The van der Waals surface area contributed by atoms with Crippen molar-refractivity contribution in [3.05, 3.63) is 50.8 Å². The van der Waals surface area contributed by atoms with Gasteiger partial charge < -0.3 is 15.4 Å². The number of thiophene rings is 2. The molecule has 0 spiro atoms. The Morgan fingerprint density at radius 2 is 2.21 bits per heavy atom. The molecule has 0 aromatic carbocycles. The van der Waals surface area contributed by atoms with Crippen LogP contribution in [-0.2, 0) is 11.3 Å². The third-order valence-electron chi connectivity index (χ3n) is 4.73. The van der Waals surface area contributed by atoms with Crippen molar-refractivity contribution in [2.45, 2.75) is 19.7 Å². The number of pyridine rings is 1. The van der Waals surface area contributed by atoms with E-state index in [-0.39, 0.29) is 12.1 Å². The fourth-order valence-electron chi connectivity index (χ4n) is 3.56. The van der Waals surface area contributed by atoms with Crippen molar-refractivity contribution in [3.63, 3.8) is 0 Å². The molecule has 0 radical (unpaired) electrons. The van der Waals surface area contributed by atoms with E-state index in [0.717, 1.165) is 44.0 Å². The van der Waals surface area contributed by atoms with Gasteiger partial charge in [-0.25, -0.2) is 4.98 Å². The summed E-state index contributed by atoms with van der Waals surface area (Å²) in [5.74, 6) is -0.111. The molecule has 1 amide bonds. The lowest BCUT2D eigenvalue weighted by Crippen LogP contribution is -2.37. The van der Waals surface area contributed by atoms with Crippen molar-refractivity contribution in [2.75, 3.05) is 12.4 Å². The topological polar surface area (TPSA) is 91.9 Å². The molecule has 28 heavy (non-hydrogen) atoms. The molecule has 4 aromatic heterocycles. The third kappa shape index (κ3) is 2.70. The number of fused-ring (bicyclic) bond motifs is 3. The van der Waals surface area contributed by atoms with Crippen LogP contribution in [0.3, 0.4) is 0 Å². The van der Waals surface area contributed by atoms with Crippen molar-refractivity contribution < 1.29 is 9.53 Å². The number of aryl methyl sites for hydroxylation is 1. The quantitative estimate of drug-likeness (QED) is 0.471. The Morgan fingerprint density at radius 1 is 1.32 bits per heavy atom. The number of amides is 1. The molecule has 0 saturated heterocycles. The number of H-pyrrole nitrogens is 1. The van der Waals surface area contributed by atoms with Crippen LogP contribution in [0.1, 0.15) is 32.7 Å². The van der Waals surface area contributed by atoms with Crippen LogP contribution in [0.15, 0.2) is 29.1 Å². The molecule has 1 aliphatic rings. The lowest BCUT2D eigenvalue weighted by Gasteiger charge is -2.26. The molecule has 0 saturated carbocycles. The number of ether oxygens (including phenoxy) is 1. The zero-order chi connectivity index (χ0) is 19.3. The first-order valence-electron chi connectivity index (χ1n) is 8.71. The van der Waals surface area contributed by atoms with E-state index in [4.69, 9.17) is 4.74 Å². The van der Waals surface area contributed by atoms with Crippen LogP contribution in [0.2, 0.25) is 0 Å². The van der Waals surface area contributed by atoms with E-state index in [1.807, 2.05) is 24.4 Å². The number of aromatic nitrogens is 3. The van der Waals surface area contributed by atoms with Gasteiger partial charge in [-0.3, -0.25) is 9.89 Å². The average molecular weight is 412 g/mol. The van der Waals surface area contributed by atoms with Crippen molar-refractivity contribution in [2.24, 2.45) is 0 Å². The minimum absolute atomic E-state index is 0.111. The Bertz CT molecular complexity index is 1180. The molecule has 0 fully saturated rings. The Balaban J connectivity index is 1.63. The average Bonchev–Trinajstić information content (AvgIpc) is 3.40. The van der Waals surface area contributed by atoms with Gasteiger partial charge in [0.1, 0.15) is 15.9 Å². The minimum atomic E-state index is -0.386. The second kappa shape index (κ2) is 6.69. The van der Waals surface area contributed by atoms with E-state index in [9.17, 15) is 4.79 Å². The SMILES string of the molecule is COCc1cc(C)nc2sc3c(c12)N[C@H](c1cn[nH]c1-c1ccsc1)NC3=O. The molecule has 4 aromatic rings. The highest BCUT2D eigenvalue weighted by molar-refractivity contribution is 7.21. The van der Waals surface area contributed by atoms with Crippen molar-refractivity contribution >= 4 is 44.5 Å². The van der Waals surface area contributed by atoms with Gasteiger partial charge >= 0.3 is 0 Å². The number of carbonyl (C=O) groups excluding carboxylic acids is 1. The van der Waals surface area contributed by atoms with Gasteiger partial charge in [0.25, 0.3) is 5.91 Å². The monoisotopic (exact) mass is 411 g/mol. The minimum Gasteiger partial charge on any atom is -0.380 e. The Morgan fingerprint density at radius 3 is 3.00 bits per heavy atom. The van der Waals surface area contributed by atoms with Gasteiger partial charge in [0.2, 0.25) is 0 Å². The second-order valence-corrected chi connectivity index (χ2v) is 8.38. The number of aromatic amines is 1. The van der Waals surface area contributed by atoms with Crippen LogP contribution < -0.4 is 10.6 Å². The van der Waals surface area contributed by atoms with Gasteiger partial charge in [-0.2, -0.15) is 16.4 Å². The summed E-state index contributed by atoms with van der Waals surface area (Å²) in [5, 5.41) is 18.8. The Kier molecular flexibility index (Phi) is 4.15. The Hall–Kier alpha value is -2.75. The zero-order valence-corrected chi connectivity index (χ0v) is 16.8. The van der Waals surface area contributed by atoms with Crippen LogP contribution in [0.4, 0.5) is 5.69 Å². The molecular weight excluding hydrogens is 394 g/mol. The van der Waals surface area contributed by atoms with Crippen LogP contribution in [-0.4, -0.2) is 28.2 Å². The number of anilines is 1. The molecule has 5 heterocycles. The largest absolute Gasteiger partial charge is 0.380 e. The van der Waals surface area contributed by atoms with Gasteiger partial charge in [0, 0.05) is 34.7 Å². The number of hydrogen-bond donors (Lipinski definition) is 3. The van der Waals surface area contributed by atoms with Crippen LogP contribution >= 0.6 is 22.7 Å². The summed E-state index contributed by atoms with van der Waals surface area (Å²) in [6.45, 7) is 2.41. The molecule has 0 bridgehead atoms. The molecule has 5 rings (SSSR count). The van der Waals surface area contributed by atoms with E-state index < -0.39 is 0 Å². The van der Waals surface area contributed by atoms with Gasteiger partial charge in [0.15, 0.2) is 0 Å². The summed E-state index contributed by atoms with van der Waals surface area (Å²) in [6.07, 6.45) is 1.37. The number of carbonyl (C=O) groups is 1. The molecule has 7 nitrogen and oxygen atoms in total. The van der Waals surface area contributed by atoms with Gasteiger partial charge in [-0.1, -0.05) is 0 Å². The van der Waals surface area contributed by atoms with E-state index >= 15 is 0 Å². The molecule has 3 N–H and O–H groups in total. The third-order valence-corrected chi connectivity index (χ3v) is 6.50. The van der Waals surface area contributed by atoms with Gasteiger partial charge in [0.05, 0.1) is 24.2 Å². The van der Waals surface area contributed by atoms with Gasteiger partial charge in [-0.05, 0) is 30.0 Å². The summed E-state index contributed by atoms with van der Waals surface area (Å²) >= 11 is 3.02. The van der Waals surface area contributed by atoms with Crippen LogP contribution in [0.5, 0.6) is 0 Å².